The molecule has 2 aliphatic rings. The van der Waals surface area contributed by atoms with E-state index in [2.05, 4.69) is 24.8 Å². The van der Waals surface area contributed by atoms with Crippen LogP contribution in [0.2, 0.25) is 0 Å². The second-order valence-electron chi connectivity index (χ2n) is 5.38. The Labute approximate surface area is 116 Å². The van der Waals surface area contributed by atoms with Gasteiger partial charge in [-0.3, -0.25) is 4.79 Å². The largest absolute Gasteiger partial charge is 0.353 e. The third-order valence-electron chi connectivity index (χ3n) is 4.22. The number of aromatic amines is 1. The maximum absolute atomic E-state index is 11.8. The zero-order valence-corrected chi connectivity index (χ0v) is 11.1. The number of carbonyl (C=O) groups is 1. The fourth-order valence-electron chi connectivity index (χ4n) is 3.24. The lowest BCUT2D eigenvalue weighted by molar-refractivity contribution is -0.129. The first-order chi connectivity index (χ1) is 9.83. The first-order valence-electron chi connectivity index (χ1n) is 7.01. The van der Waals surface area contributed by atoms with Gasteiger partial charge in [-0.1, -0.05) is 0 Å². The first kappa shape index (κ1) is 11.6. The predicted octanol–water partition coefficient (Wildman–Crippen LogP) is 0.554. The number of H-pyrrole nitrogens is 1. The number of carbonyl (C=O) groups excluding carboxylic acids is 1. The van der Waals surface area contributed by atoms with Crippen LogP contribution in [0, 0.1) is 0 Å². The molecule has 1 atom stereocenters. The number of fused-ring (bicyclic) bond motifs is 1. The minimum absolute atomic E-state index is 0.297. The number of amides is 1. The number of likely N-dealkylation sites (tertiary alicyclic amines) is 1. The molecule has 0 aromatic carbocycles. The van der Waals surface area contributed by atoms with Crippen LogP contribution in [0.4, 0.5) is 5.82 Å². The van der Waals surface area contributed by atoms with E-state index in [4.69, 9.17) is 0 Å². The van der Waals surface area contributed by atoms with Crippen molar-refractivity contribution in [2.75, 3.05) is 24.5 Å². The molecule has 7 nitrogen and oxygen atoms in total. The van der Waals surface area contributed by atoms with Crippen LogP contribution in [0.3, 0.4) is 0 Å². The molecular weight excluding hydrogens is 256 g/mol. The lowest BCUT2D eigenvalue weighted by Gasteiger charge is -2.24. The molecule has 1 unspecified atom stereocenters. The molecule has 2 aliphatic heterocycles. The molecule has 7 heteroatoms. The molecule has 2 aromatic rings. The number of aromatic nitrogens is 4. The van der Waals surface area contributed by atoms with Crippen LogP contribution in [0.5, 0.6) is 0 Å². The van der Waals surface area contributed by atoms with Gasteiger partial charge in [0, 0.05) is 26.1 Å². The van der Waals surface area contributed by atoms with Crippen LogP contribution < -0.4 is 4.90 Å². The van der Waals surface area contributed by atoms with Crippen LogP contribution in [-0.2, 0) is 4.79 Å². The van der Waals surface area contributed by atoms with Crippen molar-refractivity contribution >= 4 is 22.9 Å². The van der Waals surface area contributed by atoms with Crippen molar-refractivity contribution in [2.45, 2.75) is 25.3 Å². The highest BCUT2D eigenvalue weighted by Crippen LogP contribution is 2.27. The summed E-state index contributed by atoms with van der Waals surface area (Å²) in [6.45, 7) is 2.66. The number of nitrogens with zero attached hydrogens (tertiary/aromatic N) is 5. The lowest BCUT2D eigenvalue weighted by Crippen LogP contribution is -2.38. The molecule has 20 heavy (non-hydrogen) atoms. The van der Waals surface area contributed by atoms with E-state index in [1.54, 1.807) is 12.7 Å². The van der Waals surface area contributed by atoms with Gasteiger partial charge in [0.25, 0.3) is 0 Å². The Bertz CT molecular complexity index is 653. The number of nitrogens with one attached hydrogen (secondary N) is 1. The van der Waals surface area contributed by atoms with Crippen molar-refractivity contribution in [1.82, 2.24) is 24.8 Å². The van der Waals surface area contributed by atoms with Gasteiger partial charge in [-0.2, -0.15) is 0 Å². The molecule has 0 saturated carbocycles. The average Bonchev–Trinajstić information content (AvgIpc) is 3.17. The summed E-state index contributed by atoms with van der Waals surface area (Å²) in [4.78, 5) is 31.9. The van der Waals surface area contributed by atoms with Gasteiger partial charge in [-0.25, -0.2) is 15.0 Å². The maximum Gasteiger partial charge on any atom is 0.222 e. The monoisotopic (exact) mass is 272 g/mol. The van der Waals surface area contributed by atoms with Crippen molar-refractivity contribution in [3.8, 4) is 0 Å². The van der Waals surface area contributed by atoms with Gasteiger partial charge in [0.2, 0.25) is 5.91 Å². The molecule has 4 heterocycles. The van der Waals surface area contributed by atoms with E-state index in [1.807, 2.05) is 4.90 Å². The van der Waals surface area contributed by atoms with E-state index in [-0.39, 0.29) is 0 Å². The summed E-state index contributed by atoms with van der Waals surface area (Å²) in [5, 5.41) is 0. The van der Waals surface area contributed by atoms with Crippen LogP contribution >= 0.6 is 0 Å². The van der Waals surface area contributed by atoms with Crippen LogP contribution in [0.1, 0.15) is 19.3 Å². The Balaban J connectivity index is 1.59. The zero-order chi connectivity index (χ0) is 13.5. The Morgan fingerprint density at radius 1 is 1.25 bits per heavy atom. The smallest absolute Gasteiger partial charge is 0.222 e. The summed E-state index contributed by atoms with van der Waals surface area (Å²) in [6.07, 6.45) is 5.89. The second kappa shape index (κ2) is 4.43. The van der Waals surface area contributed by atoms with Crippen molar-refractivity contribution in [3.05, 3.63) is 12.7 Å². The SMILES string of the molecule is O=C1CCCN1C1CCN(c2ncnc3nc[nH]c23)C1. The number of hydrogen-bond acceptors (Lipinski definition) is 5. The van der Waals surface area contributed by atoms with Gasteiger partial charge in [0.05, 0.1) is 12.4 Å². The lowest BCUT2D eigenvalue weighted by atomic mass is 10.2. The number of hydrogen-bond donors (Lipinski definition) is 1. The van der Waals surface area contributed by atoms with Gasteiger partial charge in [-0.15, -0.1) is 0 Å². The van der Waals surface area contributed by atoms with Gasteiger partial charge in [0.15, 0.2) is 11.5 Å². The number of rotatable bonds is 2. The molecule has 0 radical (unpaired) electrons. The molecule has 0 bridgehead atoms. The summed E-state index contributed by atoms with van der Waals surface area (Å²) in [6, 6.07) is 0.318. The summed E-state index contributed by atoms with van der Waals surface area (Å²) >= 11 is 0. The first-order valence-corrected chi connectivity index (χ1v) is 7.01. The Morgan fingerprint density at radius 3 is 3.05 bits per heavy atom. The molecule has 1 amide bonds. The van der Waals surface area contributed by atoms with E-state index in [1.165, 1.54) is 0 Å². The number of anilines is 1. The summed E-state index contributed by atoms with van der Waals surface area (Å²) in [5.41, 5.74) is 1.57. The molecule has 0 aliphatic carbocycles. The molecule has 2 saturated heterocycles. The van der Waals surface area contributed by atoms with Gasteiger partial charge in [-0.05, 0) is 12.8 Å². The van der Waals surface area contributed by atoms with E-state index >= 15 is 0 Å². The van der Waals surface area contributed by atoms with Gasteiger partial charge < -0.3 is 14.8 Å². The average molecular weight is 272 g/mol. The number of imidazole rings is 1. The summed E-state index contributed by atoms with van der Waals surface area (Å²) in [5.74, 6) is 1.19. The molecule has 2 aromatic heterocycles. The Morgan fingerprint density at radius 2 is 2.20 bits per heavy atom. The highest BCUT2D eigenvalue weighted by molar-refractivity contribution is 5.83. The molecule has 104 valence electrons. The summed E-state index contributed by atoms with van der Waals surface area (Å²) < 4.78 is 0. The van der Waals surface area contributed by atoms with Crippen LogP contribution in [0.25, 0.3) is 11.2 Å². The predicted molar refractivity (Wildman–Crippen MR) is 73.2 cm³/mol. The van der Waals surface area contributed by atoms with Crippen LogP contribution in [0.15, 0.2) is 12.7 Å². The summed E-state index contributed by atoms with van der Waals surface area (Å²) in [7, 11) is 0. The van der Waals surface area contributed by atoms with Crippen molar-refractivity contribution in [3.63, 3.8) is 0 Å². The molecule has 4 rings (SSSR count). The van der Waals surface area contributed by atoms with Crippen molar-refractivity contribution < 1.29 is 4.79 Å². The van der Waals surface area contributed by atoms with E-state index < -0.39 is 0 Å². The van der Waals surface area contributed by atoms with Gasteiger partial charge in [0.1, 0.15) is 11.8 Å². The maximum atomic E-state index is 11.8. The minimum Gasteiger partial charge on any atom is -0.353 e. The highest BCUT2D eigenvalue weighted by atomic mass is 16.2. The topological polar surface area (TPSA) is 78.0 Å². The van der Waals surface area contributed by atoms with E-state index in [0.29, 0.717) is 24.0 Å². The van der Waals surface area contributed by atoms with Crippen LogP contribution in [-0.4, -0.2) is 56.4 Å². The van der Waals surface area contributed by atoms with Crippen molar-refractivity contribution in [2.24, 2.45) is 0 Å². The highest BCUT2D eigenvalue weighted by Gasteiger charge is 2.34. The third-order valence-corrected chi connectivity index (χ3v) is 4.22. The van der Waals surface area contributed by atoms with Gasteiger partial charge >= 0.3 is 0 Å². The normalized spacial score (nSPS) is 23.2. The Kier molecular flexibility index (Phi) is 2.58. The molecule has 0 spiro atoms. The third kappa shape index (κ3) is 1.73. The zero-order valence-electron chi connectivity index (χ0n) is 11.1. The second-order valence-corrected chi connectivity index (χ2v) is 5.38. The molecule has 2 fully saturated rings. The fraction of sp³-hybridized carbons (Fsp3) is 0.538. The molecular formula is C13H16N6O. The fourth-order valence-corrected chi connectivity index (χ4v) is 3.24. The minimum atomic E-state index is 0.297. The standard InChI is InChI=1S/C13H16N6O/c20-10-2-1-4-19(10)9-3-5-18(6-9)13-11-12(15-7-14-11)16-8-17-13/h7-9H,1-6H2,(H,14,15,16,17). The van der Waals surface area contributed by atoms with Crippen molar-refractivity contribution in [1.29, 1.82) is 0 Å². The quantitative estimate of drug-likeness (QED) is 0.864. The van der Waals surface area contributed by atoms with E-state index in [0.717, 1.165) is 43.8 Å². The van der Waals surface area contributed by atoms with E-state index in [9.17, 15) is 4.79 Å². The molecule has 1 N–H and O–H groups in total. The Hall–Kier alpha value is -2.18.